The lowest BCUT2D eigenvalue weighted by atomic mass is 9.93. The third kappa shape index (κ3) is 2.41. The summed E-state index contributed by atoms with van der Waals surface area (Å²) in [6.45, 7) is 0.241. The van der Waals surface area contributed by atoms with Crippen LogP contribution in [0.2, 0.25) is 0 Å². The van der Waals surface area contributed by atoms with Gasteiger partial charge in [-0.05, 0) is 30.9 Å². The van der Waals surface area contributed by atoms with Crippen molar-refractivity contribution in [2.24, 2.45) is 5.92 Å². The lowest BCUT2D eigenvalue weighted by Crippen LogP contribution is -2.47. The number of carboxylic acid groups (broad SMARTS) is 1. The Bertz CT molecular complexity index is 525. The lowest BCUT2D eigenvalue weighted by Gasteiger charge is -2.32. The molecule has 5 nitrogen and oxygen atoms in total. The number of benzene rings is 1. The first-order chi connectivity index (χ1) is 9.15. The van der Waals surface area contributed by atoms with Gasteiger partial charge in [-0.15, -0.1) is 0 Å². The normalized spacial score (nSPS) is 21.7. The molecule has 19 heavy (non-hydrogen) atoms. The summed E-state index contributed by atoms with van der Waals surface area (Å²) in [6, 6.07) is 7.60. The number of para-hydroxylation sites is 1. The van der Waals surface area contributed by atoms with Gasteiger partial charge in [-0.2, -0.15) is 0 Å². The van der Waals surface area contributed by atoms with Crippen LogP contribution < -0.4 is 10.2 Å². The van der Waals surface area contributed by atoms with Crippen molar-refractivity contribution >= 4 is 17.7 Å². The van der Waals surface area contributed by atoms with E-state index >= 15 is 0 Å². The van der Waals surface area contributed by atoms with Crippen LogP contribution >= 0.6 is 0 Å². The molecule has 0 bridgehead atoms. The number of nitrogens with zero attached hydrogens (tertiary/aromatic N) is 1. The van der Waals surface area contributed by atoms with Gasteiger partial charge in [0.2, 0.25) is 0 Å². The quantitative estimate of drug-likeness (QED) is 0.849. The van der Waals surface area contributed by atoms with Crippen LogP contribution in [-0.2, 0) is 11.2 Å². The van der Waals surface area contributed by atoms with Crippen LogP contribution in [0.25, 0.3) is 0 Å². The number of carbonyl (C=O) groups excluding carboxylic acids is 1. The molecule has 0 saturated heterocycles. The van der Waals surface area contributed by atoms with Gasteiger partial charge in [0, 0.05) is 18.3 Å². The summed E-state index contributed by atoms with van der Waals surface area (Å²) < 4.78 is 0. The van der Waals surface area contributed by atoms with E-state index in [1.807, 2.05) is 24.3 Å². The second-order valence-corrected chi connectivity index (χ2v) is 5.20. The molecule has 2 amide bonds. The first-order valence-electron chi connectivity index (χ1n) is 6.54. The van der Waals surface area contributed by atoms with Gasteiger partial charge in [0.25, 0.3) is 0 Å². The molecule has 1 unspecified atom stereocenters. The van der Waals surface area contributed by atoms with Crippen molar-refractivity contribution in [1.82, 2.24) is 5.32 Å². The largest absolute Gasteiger partial charge is 0.481 e. The minimum absolute atomic E-state index is 0.180. The Labute approximate surface area is 111 Å². The average Bonchev–Trinajstić information content (AvgIpc) is 3.21. The number of carbonyl (C=O) groups is 2. The zero-order valence-electron chi connectivity index (χ0n) is 10.5. The second kappa shape index (κ2) is 4.57. The Hall–Kier alpha value is -2.04. The van der Waals surface area contributed by atoms with Crippen LogP contribution in [-0.4, -0.2) is 29.7 Å². The monoisotopic (exact) mass is 260 g/mol. The maximum Gasteiger partial charge on any atom is 0.322 e. The Morgan fingerprint density at radius 1 is 1.26 bits per heavy atom. The van der Waals surface area contributed by atoms with E-state index in [1.165, 1.54) is 0 Å². The summed E-state index contributed by atoms with van der Waals surface area (Å²) in [5.74, 6) is -1.38. The standard InChI is InChI=1S/C14H16N2O3/c17-13(18)10-7-9-3-1-2-4-12(9)16(8-10)14(19)15-11-5-6-11/h1-4,10-11H,5-8H2,(H,15,19)(H,17,18). The molecule has 1 aromatic rings. The molecule has 1 saturated carbocycles. The molecular weight excluding hydrogens is 244 g/mol. The van der Waals surface area contributed by atoms with Crippen molar-refractivity contribution in [2.75, 3.05) is 11.4 Å². The van der Waals surface area contributed by atoms with Gasteiger partial charge >= 0.3 is 12.0 Å². The molecule has 1 heterocycles. The fourth-order valence-electron chi connectivity index (χ4n) is 2.43. The van der Waals surface area contributed by atoms with Crippen molar-refractivity contribution in [3.63, 3.8) is 0 Å². The highest BCUT2D eigenvalue weighted by Crippen LogP contribution is 2.30. The van der Waals surface area contributed by atoms with Gasteiger partial charge in [0.15, 0.2) is 0 Å². The van der Waals surface area contributed by atoms with Crippen molar-refractivity contribution in [2.45, 2.75) is 25.3 Å². The molecule has 0 spiro atoms. The molecule has 1 atom stereocenters. The molecule has 2 N–H and O–H groups in total. The number of urea groups is 1. The molecule has 0 radical (unpaired) electrons. The third-order valence-corrected chi connectivity index (χ3v) is 3.65. The number of fused-ring (bicyclic) bond motifs is 1. The molecule has 1 aromatic carbocycles. The van der Waals surface area contributed by atoms with Crippen molar-refractivity contribution in [3.05, 3.63) is 29.8 Å². The number of aliphatic carboxylic acids is 1. The Morgan fingerprint density at radius 2 is 2.00 bits per heavy atom. The second-order valence-electron chi connectivity index (χ2n) is 5.20. The van der Waals surface area contributed by atoms with E-state index < -0.39 is 11.9 Å². The molecule has 5 heteroatoms. The van der Waals surface area contributed by atoms with Crippen LogP contribution in [0, 0.1) is 5.92 Å². The summed E-state index contributed by atoms with van der Waals surface area (Å²) in [6.07, 6.45) is 2.52. The van der Waals surface area contributed by atoms with E-state index in [4.69, 9.17) is 0 Å². The number of hydrogen-bond acceptors (Lipinski definition) is 2. The highest BCUT2D eigenvalue weighted by molar-refractivity contribution is 5.94. The van der Waals surface area contributed by atoms with E-state index in [-0.39, 0.29) is 18.6 Å². The molecule has 2 aliphatic rings. The smallest absolute Gasteiger partial charge is 0.322 e. The van der Waals surface area contributed by atoms with E-state index in [9.17, 15) is 14.7 Å². The summed E-state index contributed by atoms with van der Waals surface area (Å²) in [5.41, 5.74) is 1.75. The highest BCUT2D eigenvalue weighted by atomic mass is 16.4. The molecule has 1 aliphatic carbocycles. The van der Waals surface area contributed by atoms with Gasteiger partial charge in [-0.1, -0.05) is 18.2 Å². The Kier molecular flexibility index (Phi) is 2.89. The topological polar surface area (TPSA) is 69.6 Å². The highest BCUT2D eigenvalue weighted by Gasteiger charge is 2.34. The number of amides is 2. The molecule has 1 fully saturated rings. The SMILES string of the molecule is O=C(O)C1Cc2ccccc2N(C(=O)NC2CC2)C1. The summed E-state index contributed by atoms with van der Waals surface area (Å²) in [4.78, 5) is 25.0. The number of rotatable bonds is 2. The van der Waals surface area contributed by atoms with Gasteiger partial charge in [0.05, 0.1) is 5.92 Å². The van der Waals surface area contributed by atoms with Gasteiger partial charge in [-0.3, -0.25) is 9.69 Å². The van der Waals surface area contributed by atoms with Crippen molar-refractivity contribution < 1.29 is 14.7 Å². The molecular formula is C14H16N2O3. The predicted octanol–water partition coefficient (Wildman–Crippen LogP) is 1.62. The Balaban J connectivity index is 1.88. The van der Waals surface area contributed by atoms with E-state index in [0.29, 0.717) is 6.42 Å². The molecule has 1 aliphatic heterocycles. The number of anilines is 1. The number of nitrogens with one attached hydrogen (secondary N) is 1. The van der Waals surface area contributed by atoms with Gasteiger partial charge in [-0.25, -0.2) is 4.79 Å². The van der Waals surface area contributed by atoms with Crippen LogP contribution in [0.3, 0.4) is 0 Å². The summed E-state index contributed by atoms with van der Waals surface area (Å²) >= 11 is 0. The minimum Gasteiger partial charge on any atom is -0.481 e. The van der Waals surface area contributed by atoms with E-state index in [1.54, 1.807) is 4.90 Å². The lowest BCUT2D eigenvalue weighted by molar-refractivity contribution is -0.141. The molecule has 0 aromatic heterocycles. The van der Waals surface area contributed by atoms with Crippen LogP contribution in [0.4, 0.5) is 10.5 Å². The Morgan fingerprint density at radius 3 is 2.68 bits per heavy atom. The van der Waals surface area contributed by atoms with Gasteiger partial charge < -0.3 is 10.4 Å². The first-order valence-corrected chi connectivity index (χ1v) is 6.54. The molecule has 100 valence electrons. The fraction of sp³-hybridized carbons (Fsp3) is 0.429. The van der Waals surface area contributed by atoms with Crippen LogP contribution in [0.1, 0.15) is 18.4 Å². The maximum absolute atomic E-state index is 12.2. The third-order valence-electron chi connectivity index (χ3n) is 3.65. The van der Waals surface area contributed by atoms with Crippen LogP contribution in [0.5, 0.6) is 0 Å². The number of carboxylic acids is 1. The average molecular weight is 260 g/mol. The zero-order chi connectivity index (χ0) is 13.4. The summed E-state index contributed by atoms with van der Waals surface area (Å²) in [5, 5.41) is 12.1. The van der Waals surface area contributed by atoms with Crippen LogP contribution in [0.15, 0.2) is 24.3 Å². The van der Waals surface area contributed by atoms with Gasteiger partial charge in [0.1, 0.15) is 0 Å². The number of hydrogen-bond donors (Lipinski definition) is 2. The molecule has 3 rings (SSSR count). The predicted molar refractivity (Wildman–Crippen MR) is 70.2 cm³/mol. The first kappa shape index (κ1) is 12.0. The zero-order valence-corrected chi connectivity index (χ0v) is 10.5. The van der Waals surface area contributed by atoms with Crippen molar-refractivity contribution in [1.29, 1.82) is 0 Å². The maximum atomic E-state index is 12.2. The minimum atomic E-state index is -0.848. The van der Waals surface area contributed by atoms with E-state index in [0.717, 1.165) is 24.1 Å². The van der Waals surface area contributed by atoms with Crippen molar-refractivity contribution in [3.8, 4) is 0 Å². The van der Waals surface area contributed by atoms with E-state index in [2.05, 4.69) is 5.32 Å². The summed E-state index contributed by atoms with van der Waals surface area (Å²) in [7, 11) is 0. The fourth-order valence-corrected chi connectivity index (χ4v) is 2.43.